The maximum absolute atomic E-state index is 11.9. The van der Waals surface area contributed by atoms with Crippen LogP contribution in [-0.4, -0.2) is 18.8 Å². The number of carbonyl (C=O) groups is 2. The smallest absolute Gasteiger partial charge is 0.291 e. The Morgan fingerprint density at radius 1 is 1.09 bits per heavy atom. The van der Waals surface area contributed by atoms with E-state index in [-0.39, 0.29) is 6.42 Å². The van der Waals surface area contributed by atoms with Gasteiger partial charge >= 0.3 is 0 Å². The van der Waals surface area contributed by atoms with Crippen LogP contribution in [0.5, 0.6) is 5.75 Å². The van der Waals surface area contributed by atoms with Crippen LogP contribution in [0.3, 0.4) is 0 Å². The van der Waals surface area contributed by atoms with E-state index in [1.807, 2.05) is 36.4 Å². The van der Waals surface area contributed by atoms with E-state index in [1.165, 1.54) is 0 Å². The summed E-state index contributed by atoms with van der Waals surface area (Å²) in [6.45, 7) is 0. The van der Waals surface area contributed by atoms with Crippen LogP contribution in [0.25, 0.3) is 0 Å². The van der Waals surface area contributed by atoms with Crippen LogP contribution in [-0.2, 0) is 16.0 Å². The molecule has 2 rings (SSSR count). The molecule has 0 unspecified atom stereocenters. The van der Waals surface area contributed by atoms with E-state index in [0.717, 1.165) is 22.2 Å². The van der Waals surface area contributed by atoms with E-state index in [0.29, 0.717) is 12.1 Å². The van der Waals surface area contributed by atoms with Gasteiger partial charge in [-0.15, -0.1) is 0 Å². The molecule has 23 heavy (non-hydrogen) atoms. The molecule has 0 aliphatic carbocycles. The molecule has 0 saturated heterocycles. The van der Waals surface area contributed by atoms with Gasteiger partial charge in [0.25, 0.3) is 5.91 Å². The van der Waals surface area contributed by atoms with Gasteiger partial charge < -0.3 is 10.1 Å². The summed E-state index contributed by atoms with van der Waals surface area (Å²) in [4.78, 5) is 23.8. The highest BCUT2D eigenvalue weighted by molar-refractivity contribution is 9.10. The van der Waals surface area contributed by atoms with Crippen molar-refractivity contribution in [1.29, 1.82) is 0 Å². The molecule has 4 nitrogen and oxygen atoms in total. The normalized spacial score (nSPS) is 10.2. The van der Waals surface area contributed by atoms with Gasteiger partial charge in [0.1, 0.15) is 5.75 Å². The first-order valence-corrected chi connectivity index (χ1v) is 8.11. The number of halogens is 1. The molecule has 0 fully saturated rings. The van der Waals surface area contributed by atoms with Crippen molar-refractivity contribution >= 4 is 33.3 Å². The fraction of sp³-hybridized carbons (Fsp3) is 0.222. The van der Waals surface area contributed by atoms with Crippen molar-refractivity contribution in [3.63, 3.8) is 0 Å². The predicted octanol–water partition coefficient (Wildman–Crippen LogP) is 3.99. The summed E-state index contributed by atoms with van der Waals surface area (Å²) in [6, 6.07) is 14.9. The number of methoxy groups -OCH3 is 1. The van der Waals surface area contributed by atoms with E-state index < -0.39 is 11.7 Å². The Kier molecular flexibility index (Phi) is 6.35. The van der Waals surface area contributed by atoms with Gasteiger partial charge in [-0.25, -0.2) is 0 Å². The molecule has 0 saturated carbocycles. The zero-order valence-corrected chi connectivity index (χ0v) is 14.4. The lowest BCUT2D eigenvalue weighted by Gasteiger charge is -2.06. The summed E-state index contributed by atoms with van der Waals surface area (Å²) in [5.41, 5.74) is 1.71. The van der Waals surface area contributed by atoms with Crippen LogP contribution in [0.15, 0.2) is 53.0 Å². The molecule has 0 spiro atoms. The summed E-state index contributed by atoms with van der Waals surface area (Å²) in [7, 11) is 1.62. The summed E-state index contributed by atoms with van der Waals surface area (Å²) in [5.74, 6) is -0.182. The standard InChI is InChI=1S/C18H18BrNO3/c1-23-14-11-9-13(10-12-14)5-4-8-17(21)18(22)20-16-7-3-2-6-15(16)19/h2-3,6-7,9-12H,4-5,8H2,1H3,(H,20,22). The molecule has 5 heteroatoms. The first kappa shape index (κ1) is 17.2. The number of Topliss-reactive ketones (excluding diaryl/α,β-unsaturated/α-hetero) is 1. The van der Waals surface area contributed by atoms with Crippen LogP contribution in [0, 0.1) is 0 Å². The predicted molar refractivity (Wildman–Crippen MR) is 93.7 cm³/mol. The van der Waals surface area contributed by atoms with Gasteiger partial charge in [0, 0.05) is 10.9 Å². The molecule has 0 aromatic heterocycles. The van der Waals surface area contributed by atoms with Crippen LogP contribution in [0.1, 0.15) is 18.4 Å². The number of hydrogen-bond donors (Lipinski definition) is 1. The number of hydrogen-bond acceptors (Lipinski definition) is 3. The second-order valence-electron chi connectivity index (χ2n) is 5.06. The van der Waals surface area contributed by atoms with E-state index in [2.05, 4.69) is 21.2 Å². The van der Waals surface area contributed by atoms with Crippen molar-refractivity contribution in [3.8, 4) is 5.75 Å². The fourth-order valence-corrected chi connectivity index (χ4v) is 2.50. The minimum Gasteiger partial charge on any atom is -0.497 e. The van der Waals surface area contributed by atoms with Gasteiger partial charge in [-0.3, -0.25) is 9.59 Å². The highest BCUT2D eigenvalue weighted by Gasteiger charge is 2.14. The number of ether oxygens (including phenoxy) is 1. The summed E-state index contributed by atoms with van der Waals surface area (Å²) in [6.07, 6.45) is 1.61. The van der Waals surface area contributed by atoms with E-state index in [1.54, 1.807) is 19.2 Å². The molecule has 0 heterocycles. The maximum Gasteiger partial charge on any atom is 0.291 e. The lowest BCUT2D eigenvalue weighted by molar-refractivity contribution is -0.134. The molecule has 2 aromatic carbocycles. The minimum atomic E-state index is -0.577. The lowest BCUT2D eigenvalue weighted by Crippen LogP contribution is -2.22. The second kappa shape index (κ2) is 8.48. The molecule has 0 radical (unpaired) electrons. The summed E-state index contributed by atoms with van der Waals surface area (Å²) >= 11 is 3.33. The Morgan fingerprint density at radius 3 is 2.43 bits per heavy atom. The Balaban J connectivity index is 1.79. The first-order chi connectivity index (χ1) is 11.1. The van der Waals surface area contributed by atoms with Crippen molar-refractivity contribution < 1.29 is 14.3 Å². The van der Waals surface area contributed by atoms with Gasteiger partial charge in [0.15, 0.2) is 0 Å². The topological polar surface area (TPSA) is 55.4 Å². The number of aryl methyl sites for hydroxylation is 1. The SMILES string of the molecule is COc1ccc(CCCC(=O)C(=O)Nc2ccccc2Br)cc1. The average Bonchev–Trinajstić information content (AvgIpc) is 2.57. The summed E-state index contributed by atoms with van der Waals surface area (Å²) in [5, 5.41) is 2.62. The van der Waals surface area contributed by atoms with E-state index >= 15 is 0 Å². The molecule has 0 bridgehead atoms. The molecule has 1 N–H and O–H groups in total. The van der Waals surface area contributed by atoms with Gasteiger partial charge in [0.05, 0.1) is 12.8 Å². The minimum absolute atomic E-state index is 0.225. The number of carbonyl (C=O) groups excluding carboxylic acids is 2. The molecular weight excluding hydrogens is 358 g/mol. The number of ketones is 1. The highest BCUT2D eigenvalue weighted by atomic mass is 79.9. The van der Waals surface area contributed by atoms with Crippen molar-refractivity contribution in [2.45, 2.75) is 19.3 Å². The Labute approximate surface area is 144 Å². The van der Waals surface area contributed by atoms with Crippen LogP contribution in [0.4, 0.5) is 5.69 Å². The molecule has 2 aromatic rings. The van der Waals surface area contributed by atoms with Crippen LogP contribution < -0.4 is 10.1 Å². The van der Waals surface area contributed by atoms with Gasteiger partial charge in [-0.2, -0.15) is 0 Å². The number of amides is 1. The van der Waals surface area contributed by atoms with Gasteiger partial charge in [0.2, 0.25) is 5.78 Å². The molecule has 0 atom stereocenters. The van der Waals surface area contributed by atoms with Crippen molar-refractivity contribution in [2.75, 3.05) is 12.4 Å². The first-order valence-electron chi connectivity index (χ1n) is 7.32. The molecule has 120 valence electrons. The monoisotopic (exact) mass is 375 g/mol. The zero-order valence-electron chi connectivity index (χ0n) is 12.8. The molecule has 1 amide bonds. The quantitative estimate of drug-likeness (QED) is 0.744. The Hall–Kier alpha value is -2.14. The Morgan fingerprint density at radius 2 is 1.78 bits per heavy atom. The van der Waals surface area contributed by atoms with Crippen LogP contribution >= 0.6 is 15.9 Å². The van der Waals surface area contributed by atoms with Gasteiger partial charge in [-0.05, 0) is 58.6 Å². The molecule has 0 aliphatic rings. The number of anilines is 1. The average molecular weight is 376 g/mol. The largest absolute Gasteiger partial charge is 0.497 e. The van der Waals surface area contributed by atoms with Crippen LogP contribution in [0.2, 0.25) is 0 Å². The third-order valence-electron chi connectivity index (χ3n) is 3.40. The van der Waals surface area contributed by atoms with E-state index in [4.69, 9.17) is 4.74 Å². The lowest BCUT2D eigenvalue weighted by atomic mass is 10.1. The second-order valence-corrected chi connectivity index (χ2v) is 5.91. The van der Waals surface area contributed by atoms with Crippen molar-refractivity contribution in [3.05, 3.63) is 58.6 Å². The molecular formula is C18H18BrNO3. The number of nitrogens with one attached hydrogen (secondary N) is 1. The highest BCUT2D eigenvalue weighted by Crippen LogP contribution is 2.21. The Bertz CT molecular complexity index is 683. The van der Waals surface area contributed by atoms with E-state index in [9.17, 15) is 9.59 Å². The summed E-state index contributed by atoms with van der Waals surface area (Å²) < 4.78 is 5.85. The number of para-hydroxylation sites is 1. The molecule has 0 aliphatic heterocycles. The third kappa shape index (κ3) is 5.21. The number of rotatable bonds is 7. The van der Waals surface area contributed by atoms with Crippen molar-refractivity contribution in [2.24, 2.45) is 0 Å². The third-order valence-corrected chi connectivity index (χ3v) is 4.10. The van der Waals surface area contributed by atoms with Gasteiger partial charge in [-0.1, -0.05) is 24.3 Å². The zero-order chi connectivity index (χ0) is 16.7. The maximum atomic E-state index is 11.9. The number of benzene rings is 2. The fourth-order valence-electron chi connectivity index (χ4n) is 2.11. The van der Waals surface area contributed by atoms with Crippen molar-refractivity contribution in [1.82, 2.24) is 0 Å².